The van der Waals surface area contributed by atoms with Crippen LogP contribution >= 0.6 is 0 Å². The summed E-state index contributed by atoms with van der Waals surface area (Å²) in [5.41, 5.74) is 0. The molecule has 0 radical (unpaired) electrons. The average molecular weight is 230 g/mol. The van der Waals surface area contributed by atoms with Crippen LogP contribution in [-0.4, -0.2) is 22.2 Å². The van der Waals surface area contributed by atoms with Crippen molar-refractivity contribution in [3.8, 4) is 0 Å². The molecule has 0 bridgehead atoms. The molecule has 0 aromatic rings. The number of carboxylic acid groups (broad SMARTS) is 2. The molecular weight excluding hydrogens is 208 g/mol. The molecule has 0 spiro atoms. The third-order valence-corrected chi connectivity index (χ3v) is 1.51. The van der Waals surface area contributed by atoms with Crippen molar-refractivity contribution in [2.24, 2.45) is 5.92 Å². The molecule has 0 aromatic carbocycles. The number of carboxylic acids is 2. The van der Waals surface area contributed by atoms with Crippen LogP contribution in [0.2, 0.25) is 0 Å². The Morgan fingerprint density at radius 3 is 1.69 bits per heavy atom. The molecular formula is C12H22O4. The molecule has 0 aliphatic heterocycles. The van der Waals surface area contributed by atoms with Crippen molar-refractivity contribution >= 4 is 11.9 Å². The molecule has 94 valence electrons. The van der Waals surface area contributed by atoms with Gasteiger partial charge in [-0.25, -0.2) is 0 Å². The predicted octanol–water partition coefficient (Wildman–Crippen LogP) is 2.96. The molecule has 0 amide bonds. The minimum Gasteiger partial charge on any atom is -0.481 e. The Hall–Kier alpha value is -1.58. The molecule has 0 fully saturated rings. The van der Waals surface area contributed by atoms with Gasteiger partial charge in [0.25, 0.3) is 0 Å². The molecule has 0 saturated heterocycles. The highest BCUT2D eigenvalue weighted by Crippen LogP contribution is 2.01. The summed E-state index contributed by atoms with van der Waals surface area (Å²) in [6.45, 7) is 13.0. The molecule has 1 unspecified atom stereocenters. The van der Waals surface area contributed by atoms with Crippen molar-refractivity contribution in [2.45, 2.75) is 33.1 Å². The van der Waals surface area contributed by atoms with Crippen LogP contribution in [0.1, 0.15) is 33.1 Å². The highest BCUT2D eigenvalue weighted by atomic mass is 16.4. The number of hydrogen-bond donors (Lipinski definition) is 2. The van der Waals surface area contributed by atoms with Crippen LogP contribution in [0.15, 0.2) is 25.8 Å². The summed E-state index contributed by atoms with van der Waals surface area (Å²) in [5.74, 6) is -1.87. The first-order chi connectivity index (χ1) is 7.49. The first-order valence-corrected chi connectivity index (χ1v) is 5.06. The van der Waals surface area contributed by atoms with E-state index in [1.54, 1.807) is 0 Å². The fourth-order valence-electron chi connectivity index (χ4n) is 0.656. The Morgan fingerprint density at radius 1 is 1.25 bits per heavy atom. The lowest BCUT2D eigenvalue weighted by Gasteiger charge is -1.98. The van der Waals surface area contributed by atoms with Gasteiger partial charge in [0.05, 0.1) is 5.92 Å². The van der Waals surface area contributed by atoms with Crippen LogP contribution in [0.3, 0.4) is 0 Å². The molecule has 2 N–H and O–H groups in total. The lowest BCUT2D eigenvalue weighted by atomic mass is 10.1. The molecule has 0 saturated carbocycles. The lowest BCUT2D eigenvalue weighted by molar-refractivity contribution is -0.140. The van der Waals surface area contributed by atoms with Gasteiger partial charge in [-0.05, 0) is 12.8 Å². The minimum absolute atomic E-state index is 0.292. The van der Waals surface area contributed by atoms with Crippen molar-refractivity contribution in [3.05, 3.63) is 25.8 Å². The normalized spacial score (nSPS) is 9.62. The van der Waals surface area contributed by atoms with E-state index in [4.69, 9.17) is 10.2 Å². The Bertz CT molecular complexity index is 199. The van der Waals surface area contributed by atoms with E-state index < -0.39 is 11.9 Å². The van der Waals surface area contributed by atoms with Gasteiger partial charge >= 0.3 is 11.9 Å². The van der Waals surface area contributed by atoms with E-state index in [9.17, 15) is 9.59 Å². The largest absolute Gasteiger partial charge is 0.481 e. The topological polar surface area (TPSA) is 74.6 Å². The minimum atomic E-state index is -0.789. The number of carbonyl (C=O) groups is 2. The van der Waals surface area contributed by atoms with Gasteiger partial charge in [-0.2, -0.15) is 0 Å². The monoisotopic (exact) mass is 230 g/mol. The quantitative estimate of drug-likeness (QED) is 0.712. The van der Waals surface area contributed by atoms with Crippen LogP contribution in [0.25, 0.3) is 0 Å². The average Bonchev–Trinajstić information content (AvgIpc) is 2.22. The van der Waals surface area contributed by atoms with Crippen LogP contribution in [0.5, 0.6) is 0 Å². The van der Waals surface area contributed by atoms with E-state index in [1.807, 2.05) is 13.8 Å². The zero-order valence-corrected chi connectivity index (χ0v) is 10.1. The Morgan fingerprint density at radius 2 is 1.69 bits per heavy atom. The highest BCUT2D eigenvalue weighted by molar-refractivity contribution is 5.71. The van der Waals surface area contributed by atoms with Gasteiger partial charge in [-0.3, -0.25) is 9.59 Å². The van der Waals surface area contributed by atoms with Crippen molar-refractivity contribution in [3.63, 3.8) is 0 Å². The molecule has 1 atom stereocenters. The third kappa shape index (κ3) is 18.3. The summed E-state index contributed by atoms with van der Waals surface area (Å²) in [7, 11) is 0. The molecule has 0 aliphatic carbocycles. The molecule has 0 aliphatic rings. The maximum atomic E-state index is 10.1. The van der Waals surface area contributed by atoms with Gasteiger partial charge in [0.2, 0.25) is 0 Å². The van der Waals surface area contributed by atoms with Crippen LogP contribution in [0.4, 0.5) is 0 Å². The van der Waals surface area contributed by atoms with Crippen LogP contribution in [0, 0.1) is 5.92 Å². The van der Waals surface area contributed by atoms with E-state index in [1.165, 1.54) is 6.08 Å². The van der Waals surface area contributed by atoms with Crippen LogP contribution in [-0.2, 0) is 9.59 Å². The van der Waals surface area contributed by atoms with Crippen molar-refractivity contribution < 1.29 is 19.8 Å². The Kier molecular flexibility index (Phi) is 19.8. The van der Waals surface area contributed by atoms with E-state index in [2.05, 4.69) is 19.7 Å². The third-order valence-electron chi connectivity index (χ3n) is 1.51. The summed E-state index contributed by atoms with van der Waals surface area (Å²) in [6, 6.07) is 0. The molecule has 0 rings (SSSR count). The fourth-order valence-corrected chi connectivity index (χ4v) is 0.656. The number of rotatable bonds is 5. The molecule has 0 aromatic heterocycles. The van der Waals surface area contributed by atoms with Crippen LogP contribution < -0.4 is 0 Å². The number of aliphatic carboxylic acids is 2. The first kappa shape index (κ1) is 19.9. The summed E-state index contributed by atoms with van der Waals surface area (Å²) in [5, 5.41) is 16.2. The molecule has 16 heavy (non-hydrogen) atoms. The fraction of sp³-hybridized carbons (Fsp3) is 0.500. The van der Waals surface area contributed by atoms with Gasteiger partial charge in [-0.15, -0.1) is 19.7 Å². The first-order valence-electron chi connectivity index (χ1n) is 5.06. The smallest absolute Gasteiger partial charge is 0.310 e. The molecule has 4 heteroatoms. The van der Waals surface area contributed by atoms with Gasteiger partial charge in [0.15, 0.2) is 0 Å². The SMILES string of the molecule is C=C.C=CC(CC)C(=O)O.CCCC(=O)O. The molecule has 4 nitrogen and oxygen atoms in total. The van der Waals surface area contributed by atoms with E-state index >= 15 is 0 Å². The van der Waals surface area contributed by atoms with Gasteiger partial charge in [0, 0.05) is 6.42 Å². The van der Waals surface area contributed by atoms with Gasteiger partial charge < -0.3 is 10.2 Å². The van der Waals surface area contributed by atoms with Crippen molar-refractivity contribution in [1.29, 1.82) is 0 Å². The summed E-state index contributed by atoms with van der Waals surface area (Å²) >= 11 is 0. The second-order valence-corrected chi connectivity index (χ2v) is 2.73. The standard InChI is InChI=1S/C6H10O2.C4H8O2.C2H4/c1-3-5(4-2)6(7)8;1-2-3-4(5)6;1-2/h3,5H,1,4H2,2H3,(H,7,8);2-3H2,1H3,(H,5,6);1-2H2. The Labute approximate surface area is 97.3 Å². The van der Waals surface area contributed by atoms with E-state index in [0.29, 0.717) is 12.8 Å². The van der Waals surface area contributed by atoms with Crippen molar-refractivity contribution in [2.75, 3.05) is 0 Å². The zero-order valence-electron chi connectivity index (χ0n) is 10.1. The summed E-state index contributed by atoms with van der Waals surface area (Å²) in [4.78, 5) is 19.7. The van der Waals surface area contributed by atoms with Crippen molar-refractivity contribution in [1.82, 2.24) is 0 Å². The predicted molar refractivity (Wildman–Crippen MR) is 65.4 cm³/mol. The second kappa shape index (κ2) is 15.9. The maximum absolute atomic E-state index is 10.1. The van der Waals surface area contributed by atoms with E-state index in [0.717, 1.165) is 6.42 Å². The molecule has 0 heterocycles. The van der Waals surface area contributed by atoms with E-state index in [-0.39, 0.29) is 5.92 Å². The van der Waals surface area contributed by atoms with Gasteiger partial charge in [0.1, 0.15) is 0 Å². The summed E-state index contributed by atoms with van der Waals surface area (Å²) in [6.07, 6.45) is 3.09. The van der Waals surface area contributed by atoms with Gasteiger partial charge in [-0.1, -0.05) is 19.9 Å². The lowest BCUT2D eigenvalue weighted by Crippen LogP contribution is -2.08. The number of hydrogen-bond acceptors (Lipinski definition) is 2. The maximum Gasteiger partial charge on any atom is 0.310 e. The Balaban J connectivity index is -0.000000188. The second-order valence-electron chi connectivity index (χ2n) is 2.73. The highest BCUT2D eigenvalue weighted by Gasteiger charge is 2.07. The summed E-state index contributed by atoms with van der Waals surface area (Å²) < 4.78 is 0. The zero-order chi connectivity index (χ0) is 13.6.